The minimum absolute atomic E-state index is 0.0669. The topological polar surface area (TPSA) is 38.8 Å². The molecule has 0 radical (unpaired) electrons. The fraction of sp³-hybridized carbons (Fsp3) is 0.933. The first-order valence-electron chi connectivity index (χ1n) is 7.62. The van der Waals surface area contributed by atoms with Crippen LogP contribution in [0, 0.1) is 11.8 Å². The van der Waals surface area contributed by atoms with Gasteiger partial charge >= 0.3 is 5.97 Å². The second kappa shape index (κ2) is 5.20. The van der Waals surface area contributed by atoms with Crippen LogP contribution >= 0.6 is 0 Å². The van der Waals surface area contributed by atoms with Crippen molar-refractivity contribution in [3.05, 3.63) is 0 Å². The zero-order valence-corrected chi connectivity index (χ0v) is 11.3. The molecule has 1 aliphatic heterocycles. The lowest BCUT2D eigenvalue weighted by Gasteiger charge is -2.29. The van der Waals surface area contributed by atoms with E-state index in [1.165, 1.54) is 19.3 Å². The van der Waals surface area contributed by atoms with E-state index in [0.29, 0.717) is 12.2 Å². The van der Waals surface area contributed by atoms with E-state index < -0.39 is 0 Å². The predicted octanol–water partition coefficient (Wildman–Crippen LogP) is 3.07. The van der Waals surface area contributed by atoms with Crippen LogP contribution in [0.15, 0.2) is 0 Å². The van der Waals surface area contributed by atoms with Gasteiger partial charge < -0.3 is 9.47 Å². The average Bonchev–Trinajstić information content (AvgIpc) is 3.17. The van der Waals surface area contributed by atoms with Crippen LogP contribution in [0.4, 0.5) is 0 Å². The molecule has 1 heterocycles. The Morgan fingerprint density at radius 1 is 1.17 bits per heavy atom. The summed E-state index contributed by atoms with van der Waals surface area (Å²) in [7, 11) is 0. The summed E-state index contributed by atoms with van der Waals surface area (Å²) in [5.41, 5.74) is 0. The Kier molecular flexibility index (Phi) is 3.60. The average molecular weight is 252 g/mol. The summed E-state index contributed by atoms with van der Waals surface area (Å²) in [6.07, 6.45) is 9.77. The lowest BCUT2D eigenvalue weighted by Crippen LogP contribution is -2.30. The largest absolute Gasteiger partial charge is 0.462 e. The summed E-state index contributed by atoms with van der Waals surface area (Å²) in [5.74, 6) is 0.970. The summed E-state index contributed by atoms with van der Waals surface area (Å²) in [6, 6.07) is 0. The molecule has 3 nitrogen and oxygen atoms in total. The maximum atomic E-state index is 12.2. The second-order valence-electron chi connectivity index (χ2n) is 6.22. The van der Waals surface area contributed by atoms with E-state index in [2.05, 4.69) is 6.92 Å². The number of fused-ring (bicyclic) bond motifs is 1. The zero-order chi connectivity index (χ0) is 12.5. The first-order chi connectivity index (χ1) is 8.76. The van der Waals surface area contributed by atoms with E-state index in [4.69, 9.17) is 9.47 Å². The summed E-state index contributed by atoms with van der Waals surface area (Å²) in [5, 5.41) is 0. The molecule has 102 valence electrons. The Morgan fingerprint density at radius 2 is 2.06 bits per heavy atom. The number of ether oxygens (including phenoxy) is 2. The minimum atomic E-state index is 0.0669. The molecule has 2 aliphatic carbocycles. The van der Waals surface area contributed by atoms with Crippen LogP contribution in [0.5, 0.6) is 0 Å². The van der Waals surface area contributed by atoms with Crippen LogP contribution < -0.4 is 0 Å². The fourth-order valence-corrected chi connectivity index (χ4v) is 3.61. The van der Waals surface area contributed by atoms with Gasteiger partial charge in [0, 0.05) is 6.42 Å². The highest BCUT2D eigenvalue weighted by atomic mass is 16.6. The second-order valence-corrected chi connectivity index (χ2v) is 6.22. The molecule has 2 saturated carbocycles. The SMILES string of the molecule is CCC1CCCC(C(=O)OC2CCC3OC3C2)C1. The molecule has 3 aliphatic rings. The number of epoxide rings is 1. The van der Waals surface area contributed by atoms with Gasteiger partial charge in [0.05, 0.1) is 18.1 Å². The molecular formula is C15H24O3. The van der Waals surface area contributed by atoms with Crippen LogP contribution in [0.3, 0.4) is 0 Å². The van der Waals surface area contributed by atoms with Gasteiger partial charge in [0.2, 0.25) is 0 Å². The Labute approximate surface area is 109 Å². The fourth-order valence-electron chi connectivity index (χ4n) is 3.61. The van der Waals surface area contributed by atoms with Crippen LogP contribution in [0.25, 0.3) is 0 Å². The normalized spacial score (nSPS) is 43.1. The van der Waals surface area contributed by atoms with Gasteiger partial charge in [-0.15, -0.1) is 0 Å². The number of hydrogen-bond donors (Lipinski definition) is 0. The van der Waals surface area contributed by atoms with E-state index in [1.54, 1.807) is 0 Å². The van der Waals surface area contributed by atoms with Crippen LogP contribution in [0.2, 0.25) is 0 Å². The molecule has 1 saturated heterocycles. The van der Waals surface area contributed by atoms with E-state index in [1.807, 2.05) is 0 Å². The molecule has 0 N–H and O–H groups in total. The molecule has 0 aromatic rings. The van der Waals surface area contributed by atoms with Gasteiger partial charge in [0.15, 0.2) is 0 Å². The van der Waals surface area contributed by atoms with Crippen LogP contribution in [0.1, 0.15) is 58.3 Å². The predicted molar refractivity (Wildman–Crippen MR) is 68.1 cm³/mol. The zero-order valence-electron chi connectivity index (χ0n) is 11.3. The van der Waals surface area contributed by atoms with Crippen molar-refractivity contribution in [1.29, 1.82) is 0 Å². The quantitative estimate of drug-likeness (QED) is 0.572. The van der Waals surface area contributed by atoms with E-state index in [9.17, 15) is 4.79 Å². The molecule has 3 heteroatoms. The van der Waals surface area contributed by atoms with Crippen LogP contribution in [-0.4, -0.2) is 24.3 Å². The van der Waals surface area contributed by atoms with E-state index in [0.717, 1.165) is 38.0 Å². The standard InChI is InChI=1S/C15H24O3/c1-2-10-4-3-5-11(8-10)15(16)17-12-6-7-13-14(9-12)18-13/h10-14H,2-9H2,1H3. The molecule has 5 unspecified atom stereocenters. The van der Waals surface area contributed by atoms with Crippen molar-refractivity contribution in [2.75, 3.05) is 0 Å². The Morgan fingerprint density at radius 3 is 2.83 bits per heavy atom. The van der Waals surface area contributed by atoms with Crippen molar-refractivity contribution in [3.8, 4) is 0 Å². The van der Waals surface area contributed by atoms with Crippen molar-refractivity contribution in [2.45, 2.75) is 76.6 Å². The van der Waals surface area contributed by atoms with Crippen molar-refractivity contribution in [1.82, 2.24) is 0 Å². The number of carbonyl (C=O) groups is 1. The Bertz CT molecular complexity index is 315. The van der Waals surface area contributed by atoms with Gasteiger partial charge in [-0.3, -0.25) is 4.79 Å². The maximum Gasteiger partial charge on any atom is 0.309 e. The highest BCUT2D eigenvalue weighted by Crippen LogP contribution is 2.38. The first-order valence-corrected chi connectivity index (χ1v) is 7.62. The van der Waals surface area contributed by atoms with Crippen molar-refractivity contribution >= 4 is 5.97 Å². The summed E-state index contributed by atoms with van der Waals surface area (Å²) >= 11 is 0. The maximum absolute atomic E-state index is 12.2. The highest BCUT2D eigenvalue weighted by Gasteiger charge is 2.45. The summed E-state index contributed by atoms with van der Waals surface area (Å²) in [4.78, 5) is 12.2. The third-order valence-electron chi connectivity index (χ3n) is 4.93. The number of rotatable bonds is 3. The minimum Gasteiger partial charge on any atom is -0.462 e. The van der Waals surface area contributed by atoms with E-state index >= 15 is 0 Å². The summed E-state index contributed by atoms with van der Waals surface area (Å²) < 4.78 is 11.2. The molecule has 0 bridgehead atoms. The molecule has 3 rings (SSSR count). The Hall–Kier alpha value is -0.570. The monoisotopic (exact) mass is 252 g/mol. The third-order valence-corrected chi connectivity index (χ3v) is 4.93. The molecular weight excluding hydrogens is 228 g/mol. The van der Waals surface area contributed by atoms with Gasteiger partial charge in [-0.2, -0.15) is 0 Å². The summed E-state index contributed by atoms with van der Waals surface area (Å²) in [6.45, 7) is 2.23. The lowest BCUT2D eigenvalue weighted by molar-refractivity contribution is -0.157. The number of carbonyl (C=O) groups excluding carboxylic acids is 1. The molecule has 0 amide bonds. The highest BCUT2D eigenvalue weighted by molar-refractivity contribution is 5.72. The van der Waals surface area contributed by atoms with Gasteiger partial charge in [-0.25, -0.2) is 0 Å². The van der Waals surface area contributed by atoms with Gasteiger partial charge in [-0.1, -0.05) is 26.2 Å². The van der Waals surface area contributed by atoms with Crippen molar-refractivity contribution < 1.29 is 14.3 Å². The van der Waals surface area contributed by atoms with Gasteiger partial charge in [0.1, 0.15) is 6.10 Å². The van der Waals surface area contributed by atoms with Gasteiger partial charge in [-0.05, 0) is 31.6 Å². The molecule has 0 aromatic carbocycles. The first kappa shape index (κ1) is 12.5. The lowest BCUT2D eigenvalue weighted by atomic mass is 9.80. The Balaban J connectivity index is 1.48. The molecule has 0 aromatic heterocycles. The van der Waals surface area contributed by atoms with E-state index in [-0.39, 0.29) is 18.0 Å². The van der Waals surface area contributed by atoms with Crippen LogP contribution in [-0.2, 0) is 14.3 Å². The van der Waals surface area contributed by atoms with Gasteiger partial charge in [0.25, 0.3) is 0 Å². The third kappa shape index (κ3) is 2.71. The smallest absolute Gasteiger partial charge is 0.309 e. The van der Waals surface area contributed by atoms with Crippen molar-refractivity contribution in [2.24, 2.45) is 11.8 Å². The molecule has 5 atom stereocenters. The van der Waals surface area contributed by atoms with Crippen molar-refractivity contribution in [3.63, 3.8) is 0 Å². The molecule has 0 spiro atoms. The molecule has 3 fully saturated rings. The number of hydrogen-bond acceptors (Lipinski definition) is 3. The number of esters is 1. The molecule has 18 heavy (non-hydrogen) atoms.